The van der Waals surface area contributed by atoms with E-state index in [0.29, 0.717) is 12.5 Å². The summed E-state index contributed by atoms with van der Waals surface area (Å²) in [6, 6.07) is 7.25. The predicted octanol–water partition coefficient (Wildman–Crippen LogP) is 1.07. The van der Waals surface area contributed by atoms with E-state index in [1.54, 1.807) is 12.0 Å². The molecule has 1 atom stereocenters. The van der Waals surface area contributed by atoms with E-state index in [1.165, 1.54) is 0 Å². The molecule has 2 amide bonds. The molecule has 3 rings (SSSR count). The van der Waals surface area contributed by atoms with Crippen molar-refractivity contribution in [2.45, 2.75) is 25.5 Å². The summed E-state index contributed by atoms with van der Waals surface area (Å²) in [5, 5.41) is 2.81. The lowest BCUT2D eigenvalue weighted by molar-refractivity contribution is -0.131. The first-order chi connectivity index (χ1) is 9.69. The smallest absolute Gasteiger partial charge is 0.250 e. The third-order valence-electron chi connectivity index (χ3n) is 3.78. The molecule has 2 fully saturated rings. The molecule has 0 bridgehead atoms. The first-order valence-electron chi connectivity index (χ1n) is 6.87. The topological polar surface area (TPSA) is 58.6 Å². The van der Waals surface area contributed by atoms with Gasteiger partial charge in [-0.1, -0.05) is 12.1 Å². The molecule has 1 N–H and O–H groups in total. The van der Waals surface area contributed by atoms with Gasteiger partial charge in [-0.2, -0.15) is 0 Å². The Morgan fingerprint density at radius 2 is 2.15 bits per heavy atom. The lowest BCUT2D eigenvalue weighted by Crippen LogP contribution is -2.59. The van der Waals surface area contributed by atoms with E-state index >= 15 is 0 Å². The van der Waals surface area contributed by atoms with Gasteiger partial charge in [0.25, 0.3) is 0 Å². The maximum Gasteiger partial charge on any atom is 0.250 e. The Labute approximate surface area is 117 Å². The highest BCUT2D eigenvalue weighted by atomic mass is 16.5. The number of benzene rings is 1. The predicted molar refractivity (Wildman–Crippen MR) is 74.2 cm³/mol. The Kier molecular flexibility index (Phi) is 3.44. The number of piperazine rings is 1. The molecule has 1 saturated carbocycles. The number of ether oxygens (including phenoxy) is 1. The third kappa shape index (κ3) is 2.54. The van der Waals surface area contributed by atoms with Gasteiger partial charge in [0.15, 0.2) is 0 Å². The summed E-state index contributed by atoms with van der Waals surface area (Å²) in [6.07, 6.45) is 2.04. The molecule has 1 aliphatic heterocycles. The van der Waals surface area contributed by atoms with Crippen LogP contribution in [-0.4, -0.2) is 31.5 Å². The van der Waals surface area contributed by atoms with Crippen LogP contribution in [-0.2, 0) is 20.9 Å². The molecule has 1 unspecified atom stereocenters. The minimum absolute atomic E-state index is 0.00154. The first kappa shape index (κ1) is 13.1. The number of nitrogens with one attached hydrogen (secondary N) is 1. The highest BCUT2D eigenvalue weighted by Gasteiger charge is 2.43. The van der Waals surface area contributed by atoms with Crippen LogP contribution in [0.25, 0.3) is 0 Å². The molecule has 106 valence electrons. The van der Waals surface area contributed by atoms with Crippen LogP contribution in [0.1, 0.15) is 18.4 Å². The van der Waals surface area contributed by atoms with Crippen molar-refractivity contribution in [1.82, 2.24) is 5.32 Å². The standard InChI is InChI=1S/C15H18N2O3/c1-20-9-10-3-2-4-12(7-10)17-8-13(18)16-14(15(17)19)11-5-6-11/h2-4,7,11,14H,5-6,8-9H2,1H3,(H,16,18). The fourth-order valence-corrected chi connectivity index (χ4v) is 2.62. The molecule has 1 aromatic carbocycles. The zero-order chi connectivity index (χ0) is 14.1. The van der Waals surface area contributed by atoms with E-state index in [0.717, 1.165) is 24.1 Å². The molecule has 5 nitrogen and oxygen atoms in total. The summed E-state index contributed by atoms with van der Waals surface area (Å²) in [5.74, 6) is 0.233. The van der Waals surface area contributed by atoms with Crippen LogP contribution in [0.5, 0.6) is 0 Å². The van der Waals surface area contributed by atoms with E-state index in [4.69, 9.17) is 4.74 Å². The van der Waals surface area contributed by atoms with Gasteiger partial charge >= 0.3 is 0 Å². The number of carbonyl (C=O) groups is 2. The zero-order valence-electron chi connectivity index (χ0n) is 11.5. The number of rotatable bonds is 4. The molecule has 20 heavy (non-hydrogen) atoms. The highest BCUT2D eigenvalue weighted by Crippen LogP contribution is 2.35. The van der Waals surface area contributed by atoms with Crippen molar-refractivity contribution in [3.8, 4) is 0 Å². The van der Waals surface area contributed by atoms with Gasteiger partial charge in [-0.05, 0) is 36.5 Å². The van der Waals surface area contributed by atoms with Crippen molar-refractivity contribution in [2.24, 2.45) is 5.92 Å². The average molecular weight is 274 g/mol. The first-order valence-corrected chi connectivity index (χ1v) is 6.87. The van der Waals surface area contributed by atoms with E-state index in [2.05, 4.69) is 5.32 Å². The van der Waals surface area contributed by atoms with Crippen molar-refractivity contribution in [1.29, 1.82) is 0 Å². The normalized spacial score (nSPS) is 22.9. The molecule has 1 aliphatic carbocycles. The number of carbonyl (C=O) groups excluding carboxylic acids is 2. The molecule has 0 spiro atoms. The van der Waals surface area contributed by atoms with Gasteiger partial charge in [0.05, 0.1) is 6.61 Å². The number of amides is 2. The van der Waals surface area contributed by atoms with Crippen LogP contribution < -0.4 is 10.2 Å². The molecule has 2 aliphatic rings. The number of nitrogens with zero attached hydrogens (tertiary/aromatic N) is 1. The van der Waals surface area contributed by atoms with Crippen LogP contribution in [0.3, 0.4) is 0 Å². The molecular formula is C15H18N2O3. The van der Waals surface area contributed by atoms with E-state index < -0.39 is 0 Å². The summed E-state index contributed by atoms with van der Waals surface area (Å²) >= 11 is 0. The number of methoxy groups -OCH3 is 1. The lowest BCUT2D eigenvalue weighted by Gasteiger charge is -2.32. The van der Waals surface area contributed by atoms with Gasteiger partial charge < -0.3 is 15.0 Å². The van der Waals surface area contributed by atoms with Gasteiger partial charge in [-0.25, -0.2) is 0 Å². The average Bonchev–Trinajstić information content (AvgIpc) is 3.26. The van der Waals surface area contributed by atoms with Gasteiger partial charge in [0.2, 0.25) is 11.8 Å². The minimum atomic E-state index is -0.345. The molecule has 0 radical (unpaired) electrons. The minimum Gasteiger partial charge on any atom is -0.380 e. The van der Waals surface area contributed by atoms with Gasteiger partial charge in [0.1, 0.15) is 12.6 Å². The summed E-state index contributed by atoms with van der Waals surface area (Å²) in [6.45, 7) is 0.590. The Morgan fingerprint density at radius 3 is 2.85 bits per heavy atom. The van der Waals surface area contributed by atoms with Crippen LogP contribution in [0.4, 0.5) is 5.69 Å². The molecule has 1 saturated heterocycles. The number of anilines is 1. The lowest BCUT2D eigenvalue weighted by atomic mass is 10.1. The Hall–Kier alpha value is -1.88. The maximum atomic E-state index is 12.5. The van der Waals surface area contributed by atoms with Crippen LogP contribution >= 0.6 is 0 Å². The Bertz CT molecular complexity index is 540. The summed E-state index contributed by atoms with van der Waals surface area (Å²) in [7, 11) is 1.63. The second kappa shape index (κ2) is 5.25. The van der Waals surface area contributed by atoms with Crippen molar-refractivity contribution in [3.63, 3.8) is 0 Å². The van der Waals surface area contributed by atoms with Crippen molar-refractivity contribution < 1.29 is 14.3 Å². The van der Waals surface area contributed by atoms with Crippen LogP contribution in [0.2, 0.25) is 0 Å². The molecular weight excluding hydrogens is 256 g/mol. The zero-order valence-corrected chi connectivity index (χ0v) is 11.5. The Morgan fingerprint density at radius 1 is 1.35 bits per heavy atom. The molecule has 1 heterocycles. The van der Waals surface area contributed by atoms with E-state index in [-0.39, 0.29) is 24.4 Å². The summed E-state index contributed by atoms with van der Waals surface area (Å²) in [4.78, 5) is 25.9. The third-order valence-corrected chi connectivity index (χ3v) is 3.78. The van der Waals surface area contributed by atoms with Crippen molar-refractivity contribution in [3.05, 3.63) is 29.8 Å². The highest BCUT2D eigenvalue weighted by molar-refractivity contribution is 6.06. The SMILES string of the molecule is COCc1cccc(N2CC(=O)NC(C3CC3)C2=O)c1. The molecule has 5 heteroatoms. The summed E-state index contributed by atoms with van der Waals surface area (Å²) < 4.78 is 5.10. The van der Waals surface area contributed by atoms with Crippen molar-refractivity contribution >= 4 is 17.5 Å². The number of hydrogen-bond donors (Lipinski definition) is 1. The summed E-state index contributed by atoms with van der Waals surface area (Å²) in [5.41, 5.74) is 1.76. The quantitative estimate of drug-likeness (QED) is 0.893. The van der Waals surface area contributed by atoms with Crippen LogP contribution in [0.15, 0.2) is 24.3 Å². The van der Waals surface area contributed by atoms with Gasteiger partial charge in [0, 0.05) is 12.8 Å². The largest absolute Gasteiger partial charge is 0.380 e. The monoisotopic (exact) mass is 274 g/mol. The van der Waals surface area contributed by atoms with Gasteiger partial charge in [-0.15, -0.1) is 0 Å². The van der Waals surface area contributed by atoms with E-state index in [1.807, 2.05) is 24.3 Å². The van der Waals surface area contributed by atoms with Crippen LogP contribution in [0, 0.1) is 5.92 Å². The molecule has 0 aromatic heterocycles. The fourth-order valence-electron chi connectivity index (χ4n) is 2.62. The second-order valence-electron chi connectivity index (χ2n) is 5.41. The Balaban J connectivity index is 1.85. The number of hydrogen-bond acceptors (Lipinski definition) is 3. The van der Waals surface area contributed by atoms with Gasteiger partial charge in [-0.3, -0.25) is 9.59 Å². The fraction of sp³-hybridized carbons (Fsp3) is 0.467. The maximum absolute atomic E-state index is 12.5. The molecule has 1 aromatic rings. The van der Waals surface area contributed by atoms with E-state index in [9.17, 15) is 9.59 Å². The second-order valence-corrected chi connectivity index (χ2v) is 5.41. The van der Waals surface area contributed by atoms with Crippen molar-refractivity contribution in [2.75, 3.05) is 18.6 Å².